The average molecular weight is 363 g/mol. The molecule has 0 saturated carbocycles. The van der Waals surface area contributed by atoms with Crippen molar-refractivity contribution in [3.63, 3.8) is 0 Å². The molecule has 0 bridgehead atoms. The Kier molecular flexibility index (Phi) is 4.29. The quantitative estimate of drug-likeness (QED) is 0.767. The normalized spacial score (nSPS) is 19.0. The zero-order chi connectivity index (χ0) is 18.1. The monoisotopic (exact) mass is 363 g/mol. The summed E-state index contributed by atoms with van der Waals surface area (Å²) in [6.45, 7) is 1.31. The molecule has 1 aliphatic heterocycles. The van der Waals surface area contributed by atoms with E-state index in [0.29, 0.717) is 18.3 Å². The lowest BCUT2D eigenvalue weighted by Gasteiger charge is -2.24. The lowest BCUT2D eigenvalue weighted by molar-refractivity contribution is 0.138. The predicted octanol–water partition coefficient (Wildman–Crippen LogP) is 2.98. The Morgan fingerprint density at radius 2 is 1.96 bits per heavy atom. The third-order valence-corrected chi connectivity index (χ3v) is 5.24. The Balaban J connectivity index is 1.75. The van der Waals surface area contributed by atoms with Gasteiger partial charge in [0.05, 0.1) is 18.8 Å². The molecule has 5 rings (SSSR count). The first-order valence-electron chi connectivity index (χ1n) is 9.49. The number of benzene rings is 1. The zero-order valence-electron chi connectivity index (χ0n) is 15.0. The molecule has 3 aromatic rings. The lowest BCUT2D eigenvalue weighted by atomic mass is 9.86. The van der Waals surface area contributed by atoms with E-state index in [1.165, 1.54) is 5.56 Å². The minimum atomic E-state index is 0.00779. The molecule has 138 valence electrons. The molecular formula is C20H21N5O2. The van der Waals surface area contributed by atoms with Crippen molar-refractivity contribution in [2.45, 2.75) is 38.2 Å². The molecule has 27 heavy (non-hydrogen) atoms. The van der Waals surface area contributed by atoms with E-state index >= 15 is 0 Å². The van der Waals surface area contributed by atoms with Crippen LogP contribution in [0.4, 0.5) is 0 Å². The van der Waals surface area contributed by atoms with Gasteiger partial charge in [-0.15, -0.1) is 10.2 Å². The van der Waals surface area contributed by atoms with E-state index in [1.54, 1.807) is 0 Å². The molecule has 1 saturated heterocycles. The standard InChI is InChI=1S/C20H21N5O2/c1-2-6-13(7-3-1)17-15-8-4-5-9-16(15)21-20(27-14-10-11-26-12-14)18(17)19-22-24-25-23-19/h1-3,6-7,14H,4-5,8-12H2,(H,22,23,24,25)/t14-/m0/s1. The van der Waals surface area contributed by atoms with E-state index in [4.69, 9.17) is 14.5 Å². The molecule has 0 spiro atoms. The molecular weight excluding hydrogens is 342 g/mol. The highest BCUT2D eigenvalue weighted by Gasteiger charge is 2.29. The van der Waals surface area contributed by atoms with Gasteiger partial charge in [0.25, 0.3) is 0 Å². The highest BCUT2D eigenvalue weighted by Crippen LogP contribution is 2.42. The molecule has 0 radical (unpaired) electrons. The summed E-state index contributed by atoms with van der Waals surface area (Å²) >= 11 is 0. The van der Waals surface area contributed by atoms with Crippen molar-refractivity contribution in [1.82, 2.24) is 25.6 Å². The summed E-state index contributed by atoms with van der Waals surface area (Å²) in [5.41, 5.74) is 5.48. The van der Waals surface area contributed by atoms with Crippen molar-refractivity contribution in [3.05, 3.63) is 41.6 Å². The molecule has 1 aliphatic carbocycles. The minimum Gasteiger partial charge on any atom is -0.471 e. The number of hydrogen-bond donors (Lipinski definition) is 1. The van der Waals surface area contributed by atoms with Gasteiger partial charge in [-0.05, 0) is 42.0 Å². The van der Waals surface area contributed by atoms with Crippen molar-refractivity contribution < 1.29 is 9.47 Å². The maximum absolute atomic E-state index is 6.30. The maximum Gasteiger partial charge on any atom is 0.226 e. The number of hydrogen-bond acceptors (Lipinski definition) is 6. The second-order valence-corrected chi connectivity index (χ2v) is 7.00. The number of ether oxygens (including phenoxy) is 2. The van der Waals surface area contributed by atoms with Gasteiger partial charge < -0.3 is 9.47 Å². The van der Waals surface area contributed by atoms with Crippen LogP contribution < -0.4 is 4.74 Å². The summed E-state index contributed by atoms with van der Waals surface area (Å²) < 4.78 is 11.8. The second kappa shape index (κ2) is 7.08. The van der Waals surface area contributed by atoms with Crippen LogP contribution in [0.3, 0.4) is 0 Å². The smallest absolute Gasteiger partial charge is 0.226 e. The van der Waals surface area contributed by atoms with Crippen LogP contribution in [0.15, 0.2) is 30.3 Å². The summed E-state index contributed by atoms with van der Waals surface area (Å²) in [5, 5.41) is 14.9. The van der Waals surface area contributed by atoms with E-state index in [1.807, 2.05) is 6.07 Å². The van der Waals surface area contributed by atoms with Crippen LogP contribution in [0.1, 0.15) is 30.5 Å². The first-order valence-corrected chi connectivity index (χ1v) is 9.49. The zero-order valence-corrected chi connectivity index (χ0v) is 15.0. The lowest BCUT2D eigenvalue weighted by Crippen LogP contribution is -2.19. The first-order chi connectivity index (χ1) is 13.4. The molecule has 2 aliphatic rings. The summed E-state index contributed by atoms with van der Waals surface area (Å²) in [7, 11) is 0. The number of pyridine rings is 1. The van der Waals surface area contributed by atoms with Gasteiger partial charge in [0, 0.05) is 17.7 Å². The number of H-pyrrole nitrogens is 1. The van der Waals surface area contributed by atoms with Gasteiger partial charge in [-0.1, -0.05) is 30.3 Å². The van der Waals surface area contributed by atoms with Crippen LogP contribution in [0.25, 0.3) is 22.5 Å². The van der Waals surface area contributed by atoms with E-state index in [-0.39, 0.29) is 6.10 Å². The van der Waals surface area contributed by atoms with Crippen LogP contribution in [0, 0.1) is 0 Å². The topological polar surface area (TPSA) is 85.8 Å². The van der Waals surface area contributed by atoms with Crippen molar-refractivity contribution in [2.24, 2.45) is 0 Å². The van der Waals surface area contributed by atoms with Crippen LogP contribution in [0.2, 0.25) is 0 Å². The Morgan fingerprint density at radius 3 is 2.74 bits per heavy atom. The molecule has 1 aromatic carbocycles. The Hall–Kier alpha value is -2.80. The highest BCUT2D eigenvalue weighted by molar-refractivity contribution is 5.86. The van der Waals surface area contributed by atoms with Crippen LogP contribution in [0.5, 0.6) is 5.88 Å². The van der Waals surface area contributed by atoms with E-state index in [2.05, 4.69) is 44.9 Å². The largest absolute Gasteiger partial charge is 0.471 e. The van der Waals surface area contributed by atoms with Gasteiger partial charge in [-0.3, -0.25) is 0 Å². The maximum atomic E-state index is 6.30. The van der Waals surface area contributed by atoms with Gasteiger partial charge in [-0.2, -0.15) is 5.21 Å². The SMILES string of the molecule is c1ccc(-c2c3c(nc(O[C@H]4CCOC4)c2-c2nn[nH]n2)CCCC3)cc1. The summed E-state index contributed by atoms with van der Waals surface area (Å²) in [6, 6.07) is 10.4. The number of aromatic nitrogens is 5. The van der Waals surface area contributed by atoms with Crippen molar-refractivity contribution >= 4 is 0 Å². The number of aryl methyl sites for hydroxylation is 1. The number of rotatable bonds is 4. The molecule has 1 fully saturated rings. The number of nitrogens with zero attached hydrogens (tertiary/aromatic N) is 4. The number of fused-ring (bicyclic) bond motifs is 1. The number of nitrogens with one attached hydrogen (secondary N) is 1. The molecule has 2 aromatic heterocycles. The van der Waals surface area contributed by atoms with Gasteiger partial charge in [0.1, 0.15) is 6.10 Å². The third-order valence-electron chi connectivity index (χ3n) is 5.24. The molecule has 1 atom stereocenters. The van der Waals surface area contributed by atoms with Crippen molar-refractivity contribution in [2.75, 3.05) is 13.2 Å². The molecule has 7 heteroatoms. The van der Waals surface area contributed by atoms with Gasteiger partial charge in [0.15, 0.2) is 0 Å². The minimum absolute atomic E-state index is 0.00779. The second-order valence-electron chi connectivity index (χ2n) is 7.00. The summed E-state index contributed by atoms with van der Waals surface area (Å²) in [6.07, 6.45) is 5.17. The average Bonchev–Trinajstić information content (AvgIpc) is 3.42. The first kappa shape index (κ1) is 16.4. The van der Waals surface area contributed by atoms with Crippen molar-refractivity contribution in [1.29, 1.82) is 0 Å². The fourth-order valence-electron chi connectivity index (χ4n) is 3.97. The highest BCUT2D eigenvalue weighted by atomic mass is 16.5. The molecule has 0 unspecified atom stereocenters. The van der Waals surface area contributed by atoms with Gasteiger partial charge in [0.2, 0.25) is 11.7 Å². The molecule has 7 nitrogen and oxygen atoms in total. The van der Waals surface area contributed by atoms with E-state index < -0.39 is 0 Å². The van der Waals surface area contributed by atoms with Crippen LogP contribution in [-0.4, -0.2) is 44.9 Å². The molecule has 1 N–H and O–H groups in total. The summed E-state index contributed by atoms with van der Waals surface area (Å²) in [4.78, 5) is 4.92. The fraction of sp³-hybridized carbons (Fsp3) is 0.400. The number of tetrazole rings is 1. The Labute approximate surface area is 157 Å². The molecule has 0 amide bonds. The van der Waals surface area contributed by atoms with E-state index in [0.717, 1.165) is 61.1 Å². The van der Waals surface area contributed by atoms with Crippen molar-refractivity contribution in [3.8, 4) is 28.4 Å². The van der Waals surface area contributed by atoms with Gasteiger partial charge >= 0.3 is 0 Å². The van der Waals surface area contributed by atoms with E-state index in [9.17, 15) is 0 Å². The fourth-order valence-corrected chi connectivity index (χ4v) is 3.97. The number of aromatic amines is 1. The Bertz CT molecular complexity index is 921. The van der Waals surface area contributed by atoms with Crippen LogP contribution >= 0.6 is 0 Å². The van der Waals surface area contributed by atoms with Crippen LogP contribution in [-0.2, 0) is 17.6 Å². The van der Waals surface area contributed by atoms with Gasteiger partial charge in [-0.25, -0.2) is 4.98 Å². The molecule has 3 heterocycles. The third kappa shape index (κ3) is 3.08. The predicted molar refractivity (Wildman–Crippen MR) is 99.3 cm³/mol. The Morgan fingerprint density at radius 1 is 1.07 bits per heavy atom. The summed E-state index contributed by atoms with van der Waals surface area (Å²) in [5.74, 6) is 1.11.